The Kier molecular flexibility index (Phi) is 5.52. The van der Waals surface area contributed by atoms with E-state index in [0.717, 1.165) is 81.1 Å². The number of nitrogens with zero attached hydrogens (tertiary/aromatic N) is 4. The Morgan fingerprint density at radius 3 is 1.12 bits per heavy atom. The van der Waals surface area contributed by atoms with E-state index in [-0.39, 0.29) is 0 Å². The summed E-state index contributed by atoms with van der Waals surface area (Å²) in [5, 5.41) is 55.9. The van der Waals surface area contributed by atoms with Gasteiger partial charge in [-0.15, -0.1) is 0 Å². The number of hydrogen-bond donors (Lipinski definition) is 0. The molecule has 0 aliphatic carbocycles. The molecule has 0 fully saturated rings. The molecule has 0 radical (unpaired) electrons. The Morgan fingerprint density at radius 1 is 0.320 bits per heavy atom. The Morgan fingerprint density at radius 2 is 0.720 bits per heavy atom. The summed E-state index contributed by atoms with van der Waals surface area (Å²) in [5.74, 6) is 0. The van der Waals surface area contributed by atoms with Gasteiger partial charge in [0.25, 0.3) is 0 Å². The van der Waals surface area contributed by atoms with E-state index in [1.54, 1.807) is 24.3 Å². The number of hydrogen-bond acceptors (Lipinski definition) is 4. The van der Waals surface area contributed by atoms with E-state index in [4.69, 9.17) is 0 Å². The summed E-state index contributed by atoms with van der Waals surface area (Å²) >= 11 is 0. The van der Waals surface area contributed by atoms with Crippen molar-refractivity contribution in [3.8, 4) is 46.5 Å². The molecule has 10 aromatic carbocycles. The Hall–Kier alpha value is -7.50. The molecule has 0 atom stereocenters. The van der Waals surface area contributed by atoms with Crippen molar-refractivity contribution in [1.82, 2.24) is 0 Å². The largest absolute Gasteiger partial charge is 0.192 e. The molecule has 0 aliphatic rings. The average Bonchev–Trinajstić information content (AvgIpc) is 3.67. The van der Waals surface area contributed by atoms with E-state index in [0.29, 0.717) is 33.4 Å². The topological polar surface area (TPSA) is 95.2 Å². The molecule has 0 spiro atoms. The molecule has 224 valence electrons. The van der Waals surface area contributed by atoms with Crippen LogP contribution in [0.2, 0.25) is 0 Å². The Balaban J connectivity index is 1.59. The van der Waals surface area contributed by atoms with Crippen LogP contribution in [0.4, 0.5) is 0 Å². The van der Waals surface area contributed by atoms with Gasteiger partial charge in [-0.25, -0.2) is 0 Å². The van der Waals surface area contributed by atoms with Gasteiger partial charge in [0.15, 0.2) is 0 Å². The smallest absolute Gasteiger partial charge is 0.0998 e. The summed E-state index contributed by atoms with van der Waals surface area (Å²) in [4.78, 5) is 0. The van der Waals surface area contributed by atoms with Crippen molar-refractivity contribution < 1.29 is 0 Å². The first-order chi connectivity index (χ1) is 24.6. The minimum Gasteiger partial charge on any atom is -0.192 e. The molecule has 0 saturated carbocycles. The van der Waals surface area contributed by atoms with E-state index < -0.39 is 0 Å². The van der Waals surface area contributed by atoms with E-state index in [1.807, 2.05) is 12.1 Å². The van der Waals surface area contributed by atoms with Crippen LogP contribution >= 0.6 is 0 Å². The van der Waals surface area contributed by atoms with Gasteiger partial charge in [-0.1, -0.05) is 72.8 Å². The highest BCUT2D eigenvalue weighted by molar-refractivity contribution is 6.42. The van der Waals surface area contributed by atoms with Crippen LogP contribution in [-0.2, 0) is 0 Å². The molecule has 10 rings (SSSR count). The predicted octanol–water partition coefficient (Wildman–Crippen LogP) is 11.5. The molecule has 4 heteroatoms. The Labute approximate surface area is 285 Å². The molecule has 50 heavy (non-hydrogen) atoms. The second-order valence-electron chi connectivity index (χ2n) is 12.8. The van der Waals surface area contributed by atoms with Crippen LogP contribution in [0.5, 0.6) is 0 Å². The second kappa shape index (κ2) is 10.0. The molecular weight excluding hydrogens is 609 g/mol. The summed E-state index contributed by atoms with van der Waals surface area (Å²) in [5.41, 5.74) is 4.98. The molecule has 0 bridgehead atoms. The van der Waals surface area contributed by atoms with Crippen LogP contribution in [-0.4, -0.2) is 0 Å². The lowest BCUT2D eigenvalue weighted by Gasteiger charge is -2.19. The standard InChI is InChI=1S/C46H20N4/c47-21-25-13-15-29(23-49)35(17-25)43-39-19-37-31-9-1-5-27-6-2-10-32(41(27)31)38(37)20-40(39)44(36-18-26(22-48)14-16-30(36)24-50)46-34-12-4-8-28-7-3-11-33(42(28)34)45(43)46/h1-20H. The first kappa shape index (κ1) is 27.6. The number of benzene rings is 8. The van der Waals surface area contributed by atoms with Gasteiger partial charge in [0, 0.05) is 11.1 Å². The van der Waals surface area contributed by atoms with Crippen LogP contribution in [0.25, 0.3) is 97.7 Å². The number of fused-ring (bicyclic) bond motifs is 7. The number of rotatable bonds is 2. The van der Waals surface area contributed by atoms with E-state index in [1.165, 1.54) is 5.39 Å². The fourth-order valence-electron chi connectivity index (χ4n) is 8.46. The molecule has 10 aromatic rings. The third kappa shape index (κ3) is 3.49. The Bertz CT molecular complexity index is 3090. The van der Waals surface area contributed by atoms with Crippen molar-refractivity contribution in [1.29, 1.82) is 21.0 Å². The lowest BCUT2D eigenvalue weighted by molar-refractivity contribution is 1.45. The highest BCUT2D eigenvalue weighted by Gasteiger charge is 2.27. The molecular formula is C46H20N4. The van der Waals surface area contributed by atoms with Crippen LogP contribution in [0, 0.1) is 45.3 Å². The van der Waals surface area contributed by atoms with Crippen molar-refractivity contribution in [2.75, 3.05) is 0 Å². The van der Waals surface area contributed by atoms with Gasteiger partial charge in [-0.3, -0.25) is 0 Å². The summed E-state index contributed by atoms with van der Waals surface area (Å²) in [6.07, 6.45) is 0. The van der Waals surface area contributed by atoms with Crippen LogP contribution in [0.3, 0.4) is 0 Å². The van der Waals surface area contributed by atoms with Gasteiger partial charge in [0.1, 0.15) is 0 Å². The van der Waals surface area contributed by atoms with Gasteiger partial charge >= 0.3 is 0 Å². The zero-order chi connectivity index (χ0) is 33.7. The van der Waals surface area contributed by atoms with E-state index >= 15 is 0 Å². The summed E-state index contributed by atoms with van der Waals surface area (Å²) in [7, 11) is 0. The van der Waals surface area contributed by atoms with Gasteiger partial charge in [0.2, 0.25) is 0 Å². The zero-order valence-electron chi connectivity index (χ0n) is 26.3. The highest BCUT2D eigenvalue weighted by Crippen LogP contribution is 2.54. The molecule has 0 amide bonds. The minimum absolute atomic E-state index is 0.463. The van der Waals surface area contributed by atoms with Gasteiger partial charge in [0.05, 0.1) is 46.5 Å². The first-order valence-electron chi connectivity index (χ1n) is 16.3. The third-order valence-corrected chi connectivity index (χ3v) is 10.5. The van der Waals surface area contributed by atoms with Crippen molar-refractivity contribution in [3.05, 3.63) is 144 Å². The zero-order valence-corrected chi connectivity index (χ0v) is 26.3. The third-order valence-electron chi connectivity index (χ3n) is 10.5. The minimum atomic E-state index is 0.463. The van der Waals surface area contributed by atoms with Crippen LogP contribution in [0.15, 0.2) is 121 Å². The fourth-order valence-corrected chi connectivity index (χ4v) is 8.46. The highest BCUT2D eigenvalue weighted by atomic mass is 14.3. The molecule has 0 aromatic heterocycles. The lowest BCUT2D eigenvalue weighted by Crippen LogP contribution is -1.94. The summed E-state index contributed by atoms with van der Waals surface area (Å²) in [6, 6.07) is 49.7. The quantitative estimate of drug-likeness (QED) is 0.190. The monoisotopic (exact) mass is 628 g/mol. The average molecular weight is 629 g/mol. The van der Waals surface area contributed by atoms with Gasteiger partial charge in [-0.2, -0.15) is 21.0 Å². The molecule has 0 unspecified atom stereocenters. The van der Waals surface area contributed by atoms with Crippen molar-refractivity contribution in [3.63, 3.8) is 0 Å². The van der Waals surface area contributed by atoms with E-state index in [2.05, 4.69) is 109 Å². The van der Waals surface area contributed by atoms with Gasteiger partial charge < -0.3 is 0 Å². The normalized spacial score (nSPS) is 11.5. The maximum absolute atomic E-state index is 10.5. The van der Waals surface area contributed by atoms with Crippen molar-refractivity contribution in [2.45, 2.75) is 0 Å². The van der Waals surface area contributed by atoms with Crippen LogP contribution < -0.4 is 0 Å². The molecule has 0 saturated heterocycles. The van der Waals surface area contributed by atoms with Crippen molar-refractivity contribution in [2.24, 2.45) is 0 Å². The van der Waals surface area contributed by atoms with Crippen molar-refractivity contribution >= 4 is 75.4 Å². The molecule has 0 aliphatic heterocycles. The summed E-state index contributed by atoms with van der Waals surface area (Å²) < 4.78 is 0. The summed E-state index contributed by atoms with van der Waals surface area (Å²) in [6.45, 7) is 0. The second-order valence-corrected chi connectivity index (χ2v) is 12.8. The van der Waals surface area contributed by atoms with E-state index in [9.17, 15) is 21.0 Å². The molecule has 4 nitrogen and oxygen atoms in total. The fraction of sp³-hybridized carbons (Fsp3) is 0. The first-order valence-corrected chi connectivity index (χ1v) is 16.3. The van der Waals surface area contributed by atoms with Gasteiger partial charge in [-0.05, 0) is 135 Å². The van der Waals surface area contributed by atoms with Crippen LogP contribution in [0.1, 0.15) is 22.3 Å². The predicted molar refractivity (Wildman–Crippen MR) is 201 cm³/mol. The lowest BCUT2D eigenvalue weighted by atomic mass is 9.83. The molecule has 0 N–H and O–H groups in total. The maximum atomic E-state index is 10.5. The SMILES string of the molecule is N#Cc1ccc(C#N)c(-c2c3cc4c(cc3c(-c3cc(C#N)ccc3C#N)c3c5cccc6cccc(c23)c65)c2cccc3cccc4c32)c1. The number of nitriles is 4. The maximum Gasteiger partial charge on any atom is 0.0998 e. The molecule has 0 heterocycles.